The van der Waals surface area contributed by atoms with Gasteiger partial charge in [0.25, 0.3) is 0 Å². The van der Waals surface area contributed by atoms with Gasteiger partial charge >= 0.3 is 0 Å². The maximum atomic E-state index is 9.33. The van der Waals surface area contributed by atoms with Gasteiger partial charge in [0.1, 0.15) is 5.75 Å². The Hall–Kier alpha value is -0.290. The van der Waals surface area contributed by atoms with Crippen LogP contribution >= 0.6 is 38.5 Å². The highest BCUT2D eigenvalue weighted by Crippen LogP contribution is 2.30. The third kappa shape index (κ3) is 1.67. The van der Waals surface area contributed by atoms with Crippen molar-refractivity contribution in [3.05, 3.63) is 38.4 Å². The molecular formula is C10H6BrIO. The predicted molar refractivity (Wildman–Crippen MR) is 66.0 cm³/mol. The molecular weight excluding hydrogens is 343 g/mol. The molecule has 1 nitrogen and oxygen atoms in total. The zero-order valence-corrected chi connectivity index (χ0v) is 10.3. The van der Waals surface area contributed by atoms with Crippen molar-refractivity contribution in [1.82, 2.24) is 0 Å². The second kappa shape index (κ2) is 3.46. The molecule has 0 bridgehead atoms. The molecule has 2 aromatic rings. The molecule has 0 saturated heterocycles. The van der Waals surface area contributed by atoms with Gasteiger partial charge in [0, 0.05) is 8.04 Å². The van der Waals surface area contributed by atoms with Crippen LogP contribution in [0.3, 0.4) is 0 Å². The van der Waals surface area contributed by atoms with Crippen molar-refractivity contribution in [3.63, 3.8) is 0 Å². The van der Waals surface area contributed by atoms with Gasteiger partial charge in [-0.1, -0.05) is 15.9 Å². The molecule has 2 aromatic carbocycles. The second-order valence-corrected chi connectivity index (χ2v) is 4.78. The van der Waals surface area contributed by atoms with Gasteiger partial charge in [-0.05, 0) is 63.7 Å². The highest BCUT2D eigenvalue weighted by molar-refractivity contribution is 14.1. The number of halogens is 2. The third-order valence-corrected chi connectivity index (χ3v) is 3.53. The number of rotatable bonds is 0. The normalized spacial score (nSPS) is 10.6. The number of hydrogen-bond acceptors (Lipinski definition) is 1. The molecule has 0 radical (unpaired) electrons. The van der Waals surface area contributed by atoms with E-state index in [0.717, 1.165) is 18.8 Å². The summed E-state index contributed by atoms with van der Waals surface area (Å²) in [5.41, 5.74) is 0. The summed E-state index contributed by atoms with van der Waals surface area (Å²) >= 11 is 5.73. The van der Waals surface area contributed by atoms with Gasteiger partial charge in [-0.25, -0.2) is 0 Å². The molecule has 0 aromatic heterocycles. The Labute approximate surface area is 98.0 Å². The zero-order chi connectivity index (χ0) is 9.42. The molecule has 0 aliphatic heterocycles. The van der Waals surface area contributed by atoms with E-state index in [4.69, 9.17) is 0 Å². The summed E-state index contributed by atoms with van der Waals surface area (Å²) in [5, 5.41) is 11.5. The largest absolute Gasteiger partial charge is 0.508 e. The van der Waals surface area contributed by atoms with Crippen molar-refractivity contribution in [3.8, 4) is 5.75 Å². The van der Waals surface area contributed by atoms with E-state index in [0.29, 0.717) is 5.75 Å². The smallest absolute Gasteiger partial charge is 0.116 e. The summed E-state index contributed by atoms with van der Waals surface area (Å²) in [6.45, 7) is 0. The first-order valence-corrected chi connectivity index (χ1v) is 5.62. The summed E-state index contributed by atoms with van der Waals surface area (Å²) in [6.07, 6.45) is 0. The van der Waals surface area contributed by atoms with Gasteiger partial charge in [0.05, 0.1) is 0 Å². The Balaban J connectivity index is 2.92. The van der Waals surface area contributed by atoms with E-state index in [1.165, 1.54) is 0 Å². The lowest BCUT2D eigenvalue weighted by Gasteiger charge is -2.03. The van der Waals surface area contributed by atoms with E-state index in [1.807, 2.05) is 18.2 Å². The van der Waals surface area contributed by atoms with Gasteiger partial charge in [0.2, 0.25) is 0 Å². The first-order chi connectivity index (χ1) is 6.18. The molecule has 0 saturated carbocycles. The Morgan fingerprint density at radius 2 is 1.85 bits per heavy atom. The van der Waals surface area contributed by atoms with E-state index in [-0.39, 0.29) is 0 Å². The predicted octanol–water partition coefficient (Wildman–Crippen LogP) is 3.91. The van der Waals surface area contributed by atoms with E-state index in [2.05, 4.69) is 38.5 Å². The average Bonchev–Trinajstić information content (AvgIpc) is 2.12. The molecule has 0 fully saturated rings. The van der Waals surface area contributed by atoms with Crippen molar-refractivity contribution in [2.45, 2.75) is 0 Å². The van der Waals surface area contributed by atoms with Crippen LogP contribution in [0.2, 0.25) is 0 Å². The minimum atomic E-state index is 0.309. The Morgan fingerprint density at radius 3 is 2.62 bits per heavy atom. The molecule has 66 valence electrons. The van der Waals surface area contributed by atoms with Crippen molar-refractivity contribution in [1.29, 1.82) is 0 Å². The van der Waals surface area contributed by atoms with Crippen LogP contribution in [0.1, 0.15) is 0 Å². The minimum Gasteiger partial charge on any atom is -0.508 e. The van der Waals surface area contributed by atoms with Crippen LogP contribution in [0.25, 0.3) is 10.8 Å². The summed E-state index contributed by atoms with van der Waals surface area (Å²) in [7, 11) is 0. The molecule has 0 aliphatic rings. The van der Waals surface area contributed by atoms with Crippen LogP contribution in [0, 0.1) is 3.57 Å². The standard InChI is InChI=1S/C10H6BrIO/c11-9-3-4-10(12)8-5-6(13)1-2-7(8)9/h1-5,13H. The molecule has 0 aliphatic carbocycles. The maximum Gasteiger partial charge on any atom is 0.116 e. The lowest BCUT2D eigenvalue weighted by Crippen LogP contribution is -1.78. The Kier molecular flexibility index (Phi) is 2.47. The topological polar surface area (TPSA) is 20.2 Å². The molecule has 0 atom stereocenters. The lowest BCUT2D eigenvalue weighted by molar-refractivity contribution is 0.476. The molecule has 0 amide bonds. The van der Waals surface area contributed by atoms with Crippen LogP contribution in [-0.4, -0.2) is 5.11 Å². The van der Waals surface area contributed by atoms with Crippen LogP contribution in [0.4, 0.5) is 0 Å². The maximum absolute atomic E-state index is 9.33. The van der Waals surface area contributed by atoms with Crippen molar-refractivity contribution >= 4 is 49.3 Å². The SMILES string of the molecule is Oc1ccc2c(Br)ccc(I)c2c1. The number of phenols is 1. The second-order valence-electron chi connectivity index (χ2n) is 2.76. The number of benzene rings is 2. The van der Waals surface area contributed by atoms with E-state index < -0.39 is 0 Å². The summed E-state index contributed by atoms with van der Waals surface area (Å²) < 4.78 is 2.20. The molecule has 0 unspecified atom stereocenters. The van der Waals surface area contributed by atoms with Gasteiger partial charge in [-0.3, -0.25) is 0 Å². The van der Waals surface area contributed by atoms with E-state index >= 15 is 0 Å². The molecule has 1 N–H and O–H groups in total. The molecule has 2 rings (SSSR count). The quantitative estimate of drug-likeness (QED) is 0.715. The molecule has 0 heterocycles. The minimum absolute atomic E-state index is 0.309. The van der Waals surface area contributed by atoms with Crippen molar-refractivity contribution < 1.29 is 5.11 Å². The summed E-state index contributed by atoms with van der Waals surface area (Å²) in [5.74, 6) is 0.309. The zero-order valence-electron chi connectivity index (χ0n) is 6.59. The number of phenolic OH excluding ortho intramolecular Hbond substituents is 1. The number of hydrogen-bond donors (Lipinski definition) is 1. The fourth-order valence-corrected chi connectivity index (χ4v) is 2.37. The summed E-state index contributed by atoms with van der Waals surface area (Å²) in [6, 6.07) is 9.43. The Morgan fingerprint density at radius 1 is 1.08 bits per heavy atom. The van der Waals surface area contributed by atoms with Gasteiger partial charge in [-0.2, -0.15) is 0 Å². The van der Waals surface area contributed by atoms with Crippen LogP contribution in [0.5, 0.6) is 5.75 Å². The van der Waals surface area contributed by atoms with Crippen LogP contribution < -0.4 is 0 Å². The number of aromatic hydroxyl groups is 1. The fourth-order valence-electron chi connectivity index (χ4n) is 1.26. The average molecular weight is 349 g/mol. The van der Waals surface area contributed by atoms with Crippen molar-refractivity contribution in [2.75, 3.05) is 0 Å². The van der Waals surface area contributed by atoms with E-state index in [1.54, 1.807) is 12.1 Å². The Bertz CT molecular complexity index is 468. The highest BCUT2D eigenvalue weighted by atomic mass is 127. The first-order valence-electron chi connectivity index (χ1n) is 3.75. The molecule has 0 spiro atoms. The lowest BCUT2D eigenvalue weighted by atomic mass is 10.1. The van der Waals surface area contributed by atoms with Gasteiger partial charge < -0.3 is 5.11 Å². The summed E-state index contributed by atoms with van der Waals surface area (Å²) in [4.78, 5) is 0. The monoisotopic (exact) mass is 348 g/mol. The van der Waals surface area contributed by atoms with Gasteiger partial charge in [0.15, 0.2) is 0 Å². The van der Waals surface area contributed by atoms with Crippen molar-refractivity contribution in [2.24, 2.45) is 0 Å². The molecule has 13 heavy (non-hydrogen) atoms. The molecule has 3 heteroatoms. The van der Waals surface area contributed by atoms with Crippen LogP contribution in [0.15, 0.2) is 34.8 Å². The van der Waals surface area contributed by atoms with Crippen LogP contribution in [-0.2, 0) is 0 Å². The number of fused-ring (bicyclic) bond motifs is 1. The highest BCUT2D eigenvalue weighted by Gasteiger charge is 2.02. The van der Waals surface area contributed by atoms with E-state index in [9.17, 15) is 5.11 Å². The fraction of sp³-hybridized carbons (Fsp3) is 0. The first kappa shape index (κ1) is 9.27. The van der Waals surface area contributed by atoms with Gasteiger partial charge in [-0.15, -0.1) is 0 Å². The third-order valence-electron chi connectivity index (χ3n) is 1.89.